The number of benzene rings is 2. The van der Waals surface area contributed by atoms with Crippen LogP contribution in [0.3, 0.4) is 0 Å². The van der Waals surface area contributed by atoms with Crippen LogP contribution in [0.2, 0.25) is 0 Å². The lowest BCUT2D eigenvalue weighted by Crippen LogP contribution is -2.46. The Balaban J connectivity index is 1.52. The van der Waals surface area contributed by atoms with E-state index in [0.717, 1.165) is 45.2 Å². The normalized spacial score (nSPS) is 18.4. The van der Waals surface area contributed by atoms with E-state index in [0.29, 0.717) is 12.1 Å². The molecule has 0 bridgehead atoms. The Labute approximate surface area is 201 Å². The largest absolute Gasteiger partial charge is 0.497 e. The average molecular weight is 467 g/mol. The van der Waals surface area contributed by atoms with E-state index in [9.17, 15) is 0 Å². The smallest absolute Gasteiger partial charge is 0.118 e. The average Bonchev–Trinajstić information content (AvgIpc) is 2.85. The standard InChI is InChI=1S/C26H30N2O2S2/c1-29-21-11-7-19(8-12-21)25(31)15-17-27-23-5-3-4-6-24(23)28-18-16-26(32)20-9-13-22(30-2)14-10-20/h7-18,23-24,27-28H,3-6H2,1-2H3. The molecule has 1 aliphatic carbocycles. The van der Waals surface area contributed by atoms with Crippen molar-refractivity contribution in [3.05, 3.63) is 84.2 Å². The van der Waals surface area contributed by atoms with Crippen molar-refractivity contribution in [2.24, 2.45) is 0 Å². The summed E-state index contributed by atoms with van der Waals surface area (Å²) in [6.45, 7) is 0. The van der Waals surface area contributed by atoms with Crippen molar-refractivity contribution in [2.75, 3.05) is 14.2 Å². The number of allylic oxidation sites excluding steroid dienone is 2. The van der Waals surface area contributed by atoms with Crippen molar-refractivity contribution in [3.63, 3.8) is 0 Å². The second-order valence-electron chi connectivity index (χ2n) is 7.68. The molecule has 0 amide bonds. The van der Waals surface area contributed by atoms with E-state index in [1.165, 1.54) is 12.8 Å². The summed E-state index contributed by atoms with van der Waals surface area (Å²) in [5.41, 5.74) is 2.01. The summed E-state index contributed by atoms with van der Waals surface area (Å²) in [6, 6.07) is 16.3. The van der Waals surface area contributed by atoms with E-state index in [-0.39, 0.29) is 0 Å². The van der Waals surface area contributed by atoms with Gasteiger partial charge >= 0.3 is 0 Å². The lowest BCUT2D eigenvalue weighted by atomic mass is 9.90. The first-order valence-corrected chi connectivity index (χ1v) is 11.6. The van der Waals surface area contributed by atoms with Crippen LogP contribution >= 0.6 is 24.4 Å². The van der Waals surface area contributed by atoms with Gasteiger partial charge in [0, 0.05) is 21.8 Å². The molecule has 0 aromatic heterocycles. The molecule has 0 saturated heterocycles. The molecule has 3 rings (SSSR count). The number of hydrogen-bond donors (Lipinski definition) is 2. The molecule has 6 heteroatoms. The second kappa shape index (κ2) is 12.4. The lowest BCUT2D eigenvalue weighted by molar-refractivity contribution is 0.324. The Morgan fingerprint density at radius 3 is 1.44 bits per heavy atom. The number of methoxy groups -OCH3 is 2. The molecule has 32 heavy (non-hydrogen) atoms. The molecule has 1 aliphatic rings. The summed E-state index contributed by atoms with van der Waals surface area (Å²) in [7, 11) is 3.32. The molecule has 168 valence electrons. The van der Waals surface area contributed by atoms with Crippen molar-refractivity contribution < 1.29 is 9.47 Å². The van der Waals surface area contributed by atoms with Gasteiger partial charge in [-0.15, -0.1) is 0 Å². The van der Waals surface area contributed by atoms with Crippen LogP contribution in [0.4, 0.5) is 0 Å². The third-order valence-corrected chi connectivity index (χ3v) is 6.35. The minimum absolute atomic E-state index is 0.345. The van der Waals surface area contributed by atoms with Crippen LogP contribution in [0.1, 0.15) is 36.8 Å². The molecule has 2 atom stereocenters. The molecule has 2 aromatic carbocycles. The molecule has 0 heterocycles. The van der Waals surface area contributed by atoms with Crippen molar-refractivity contribution >= 4 is 34.2 Å². The molecule has 0 radical (unpaired) electrons. The topological polar surface area (TPSA) is 42.5 Å². The molecule has 4 nitrogen and oxygen atoms in total. The maximum atomic E-state index is 5.54. The third-order valence-electron chi connectivity index (χ3n) is 5.61. The molecular formula is C26H30N2O2S2. The van der Waals surface area contributed by atoms with Crippen LogP contribution in [0.5, 0.6) is 11.5 Å². The van der Waals surface area contributed by atoms with Gasteiger partial charge in [-0.2, -0.15) is 0 Å². The Bertz CT molecular complexity index is 873. The quantitative estimate of drug-likeness (QED) is 0.279. The highest BCUT2D eigenvalue weighted by molar-refractivity contribution is 7.81. The predicted molar refractivity (Wildman–Crippen MR) is 140 cm³/mol. The minimum atomic E-state index is 0.345. The van der Waals surface area contributed by atoms with Crippen LogP contribution in [-0.4, -0.2) is 36.0 Å². The van der Waals surface area contributed by atoms with E-state index in [1.54, 1.807) is 14.2 Å². The molecule has 0 spiro atoms. The van der Waals surface area contributed by atoms with Crippen LogP contribution in [0, 0.1) is 0 Å². The summed E-state index contributed by atoms with van der Waals surface area (Å²) in [6.07, 6.45) is 12.5. The summed E-state index contributed by atoms with van der Waals surface area (Å²) in [5, 5.41) is 7.08. The van der Waals surface area contributed by atoms with Gasteiger partial charge in [0.15, 0.2) is 0 Å². The monoisotopic (exact) mass is 466 g/mol. The number of nitrogens with one attached hydrogen (secondary N) is 2. The third kappa shape index (κ3) is 6.90. The zero-order valence-corrected chi connectivity index (χ0v) is 20.2. The van der Waals surface area contributed by atoms with Gasteiger partial charge in [-0.05, 0) is 97.1 Å². The first-order valence-electron chi connectivity index (χ1n) is 10.8. The SMILES string of the molecule is COc1ccc(C(=S)C=CNC2CCCCC2NC=CC(=S)c2ccc(OC)cc2)cc1. The highest BCUT2D eigenvalue weighted by atomic mass is 32.1. The molecule has 2 N–H and O–H groups in total. The highest BCUT2D eigenvalue weighted by Gasteiger charge is 2.22. The fraction of sp³-hybridized carbons (Fsp3) is 0.308. The van der Waals surface area contributed by atoms with Gasteiger partial charge in [-0.25, -0.2) is 0 Å². The van der Waals surface area contributed by atoms with Crippen molar-refractivity contribution in [2.45, 2.75) is 37.8 Å². The zero-order chi connectivity index (χ0) is 22.8. The maximum absolute atomic E-state index is 5.54. The lowest BCUT2D eigenvalue weighted by Gasteiger charge is -2.32. The Morgan fingerprint density at radius 1 is 0.719 bits per heavy atom. The molecule has 1 fully saturated rings. The van der Waals surface area contributed by atoms with Crippen molar-refractivity contribution in [3.8, 4) is 11.5 Å². The molecule has 2 aromatic rings. The van der Waals surface area contributed by atoms with Gasteiger partial charge in [0.25, 0.3) is 0 Å². The van der Waals surface area contributed by atoms with E-state index in [1.807, 2.05) is 73.1 Å². The Morgan fingerprint density at radius 2 is 1.09 bits per heavy atom. The number of rotatable bonds is 10. The van der Waals surface area contributed by atoms with Gasteiger partial charge in [0.1, 0.15) is 11.5 Å². The number of thiocarbonyl (C=S) groups is 2. The van der Waals surface area contributed by atoms with Gasteiger partial charge in [-0.1, -0.05) is 37.3 Å². The Hall–Kier alpha value is -2.70. The number of ether oxygens (including phenoxy) is 2. The summed E-state index contributed by atoms with van der Waals surface area (Å²) >= 11 is 11.1. The fourth-order valence-corrected chi connectivity index (χ4v) is 4.14. The van der Waals surface area contributed by atoms with E-state index < -0.39 is 0 Å². The van der Waals surface area contributed by atoms with Crippen LogP contribution < -0.4 is 20.1 Å². The first-order chi connectivity index (χ1) is 15.6. The van der Waals surface area contributed by atoms with Gasteiger partial charge in [0.2, 0.25) is 0 Å². The summed E-state index contributed by atoms with van der Waals surface area (Å²) in [4.78, 5) is 1.59. The molecule has 1 saturated carbocycles. The van der Waals surface area contributed by atoms with Gasteiger partial charge < -0.3 is 20.1 Å². The molecular weight excluding hydrogens is 436 g/mol. The number of hydrogen-bond acceptors (Lipinski definition) is 6. The summed E-state index contributed by atoms with van der Waals surface area (Å²) in [5.74, 6) is 1.66. The van der Waals surface area contributed by atoms with Crippen LogP contribution in [0.15, 0.2) is 73.1 Å². The Kier molecular flexibility index (Phi) is 9.26. The van der Waals surface area contributed by atoms with Crippen molar-refractivity contribution in [1.29, 1.82) is 0 Å². The minimum Gasteiger partial charge on any atom is -0.497 e. The first kappa shape index (κ1) is 24.0. The second-order valence-corrected chi connectivity index (χ2v) is 8.56. The van der Waals surface area contributed by atoms with Crippen molar-refractivity contribution in [1.82, 2.24) is 10.6 Å². The summed E-state index contributed by atoms with van der Waals surface area (Å²) < 4.78 is 10.4. The van der Waals surface area contributed by atoms with Gasteiger partial charge in [-0.3, -0.25) is 0 Å². The van der Waals surface area contributed by atoms with Gasteiger partial charge in [0.05, 0.1) is 14.2 Å². The van der Waals surface area contributed by atoms with E-state index in [2.05, 4.69) is 10.6 Å². The maximum Gasteiger partial charge on any atom is 0.118 e. The van der Waals surface area contributed by atoms with Crippen LogP contribution in [-0.2, 0) is 0 Å². The fourth-order valence-electron chi connectivity index (χ4n) is 3.73. The molecule has 0 aliphatic heterocycles. The van der Waals surface area contributed by atoms with E-state index >= 15 is 0 Å². The van der Waals surface area contributed by atoms with Crippen LogP contribution in [0.25, 0.3) is 0 Å². The zero-order valence-electron chi connectivity index (χ0n) is 18.5. The molecule has 2 unspecified atom stereocenters. The van der Waals surface area contributed by atoms with E-state index in [4.69, 9.17) is 33.9 Å². The predicted octanol–water partition coefficient (Wildman–Crippen LogP) is 5.36. The highest BCUT2D eigenvalue weighted by Crippen LogP contribution is 2.19.